The molecule has 0 amide bonds. The zero-order chi connectivity index (χ0) is 26.4. The van der Waals surface area contributed by atoms with Crippen LogP contribution < -0.4 is 16.1 Å². The molecule has 0 bridgehead atoms. The van der Waals surface area contributed by atoms with Crippen LogP contribution in [0.15, 0.2) is 67.0 Å². The minimum absolute atomic E-state index is 0.00409. The number of aliphatic hydroxyl groups excluding tert-OH is 1. The van der Waals surface area contributed by atoms with E-state index in [2.05, 4.69) is 60.0 Å². The number of hydrogen-bond acceptors (Lipinski definition) is 7. The van der Waals surface area contributed by atoms with E-state index >= 15 is 4.39 Å². The Morgan fingerprint density at radius 1 is 1.08 bits per heavy atom. The number of anilines is 1. The topological polar surface area (TPSA) is 108 Å². The van der Waals surface area contributed by atoms with E-state index in [-0.39, 0.29) is 33.9 Å². The van der Waals surface area contributed by atoms with E-state index in [0.29, 0.717) is 0 Å². The van der Waals surface area contributed by atoms with Gasteiger partial charge in [0.15, 0.2) is 23.9 Å². The molecule has 1 aliphatic heterocycles. The second kappa shape index (κ2) is 9.77. The third-order valence-corrected chi connectivity index (χ3v) is 12.0. The second-order valence-electron chi connectivity index (χ2n) is 10.2. The summed E-state index contributed by atoms with van der Waals surface area (Å²) in [6.45, 7) is 6.45. The van der Waals surface area contributed by atoms with E-state index < -0.39 is 32.9 Å². The van der Waals surface area contributed by atoms with Gasteiger partial charge in [0.25, 0.3) is 8.32 Å². The van der Waals surface area contributed by atoms with Crippen molar-refractivity contribution in [3.05, 3.63) is 72.3 Å². The Bertz CT molecular complexity index is 1350. The van der Waals surface area contributed by atoms with Crippen LogP contribution in [0.3, 0.4) is 0 Å². The number of nitrogen functional groups attached to an aromatic ring is 1. The normalized spacial score (nSPS) is 22.5. The number of ether oxygens (including phenoxy) is 1. The Morgan fingerprint density at radius 2 is 1.68 bits per heavy atom. The minimum Gasteiger partial charge on any atom is -0.405 e. The predicted molar refractivity (Wildman–Crippen MR) is 143 cm³/mol. The number of aromatic nitrogens is 4. The van der Waals surface area contributed by atoms with Crippen molar-refractivity contribution in [2.45, 2.75) is 50.4 Å². The summed E-state index contributed by atoms with van der Waals surface area (Å²) in [6, 6.07) is 20.2. The smallest absolute Gasteiger partial charge is 0.261 e. The maximum absolute atomic E-state index is 15.4. The lowest BCUT2D eigenvalue weighted by Gasteiger charge is -2.43. The highest BCUT2D eigenvalue weighted by atomic mass is 35.5. The lowest BCUT2D eigenvalue weighted by Crippen LogP contribution is -2.67. The molecule has 0 radical (unpaired) electrons. The lowest BCUT2D eigenvalue weighted by molar-refractivity contribution is -0.0428. The van der Waals surface area contributed by atoms with Crippen LogP contribution >= 0.6 is 11.6 Å². The molecule has 0 unspecified atom stereocenters. The summed E-state index contributed by atoms with van der Waals surface area (Å²) in [7, 11) is -2.90. The molecule has 2 aromatic heterocycles. The molecule has 4 atom stereocenters. The molecule has 3 N–H and O–H groups in total. The van der Waals surface area contributed by atoms with Crippen LogP contribution in [0.2, 0.25) is 10.3 Å². The van der Waals surface area contributed by atoms with Gasteiger partial charge in [-0.05, 0) is 27.0 Å². The third-order valence-electron chi connectivity index (χ3n) is 6.87. The Kier molecular flexibility index (Phi) is 6.80. The average molecular weight is 542 g/mol. The summed E-state index contributed by atoms with van der Waals surface area (Å²) in [6.07, 6.45) is -3.91. The van der Waals surface area contributed by atoms with Crippen LogP contribution in [-0.4, -0.2) is 57.9 Å². The molecule has 11 heteroatoms. The van der Waals surface area contributed by atoms with Gasteiger partial charge in [-0.1, -0.05) is 81.4 Å². The van der Waals surface area contributed by atoms with Gasteiger partial charge < -0.3 is 20.0 Å². The van der Waals surface area contributed by atoms with E-state index in [0.717, 1.165) is 10.4 Å². The maximum atomic E-state index is 15.4. The van der Waals surface area contributed by atoms with Crippen molar-refractivity contribution in [1.82, 2.24) is 19.5 Å². The second-order valence-corrected chi connectivity index (χ2v) is 14.8. The Balaban J connectivity index is 1.48. The molecule has 37 heavy (non-hydrogen) atoms. The number of nitrogens with two attached hydrogens (primary N) is 1. The van der Waals surface area contributed by atoms with Crippen molar-refractivity contribution in [2.75, 3.05) is 12.3 Å². The molecule has 0 spiro atoms. The van der Waals surface area contributed by atoms with Gasteiger partial charge in [-0.15, -0.1) is 0 Å². The minimum atomic E-state index is -2.90. The molecular weight excluding hydrogens is 513 g/mol. The molecule has 3 heterocycles. The predicted octanol–water partition coefficient (Wildman–Crippen LogP) is 3.23. The van der Waals surface area contributed by atoms with Crippen LogP contribution in [-0.2, 0) is 9.16 Å². The van der Waals surface area contributed by atoms with Gasteiger partial charge in [0, 0.05) is 0 Å². The lowest BCUT2D eigenvalue weighted by atomic mass is 10.1. The summed E-state index contributed by atoms with van der Waals surface area (Å²) in [4.78, 5) is 12.2. The first-order chi connectivity index (χ1) is 17.6. The summed E-state index contributed by atoms with van der Waals surface area (Å²) in [5.74, 6) is 0.0780. The SMILES string of the molecule is CC(C)(C)[Si](OC[C@H]1O[C@@H](n2cnc3c(N)nc(Cl)nc32)[C@@H](F)[C@@H]1O)(c1ccccc1)c1ccccc1. The maximum Gasteiger partial charge on any atom is 0.261 e. The number of aliphatic hydroxyl groups is 1. The van der Waals surface area contributed by atoms with Crippen molar-refractivity contribution in [3.63, 3.8) is 0 Å². The first-order valence-electron chi connectivity index (χ1n) is 12.0. The first-order valence-corrected chi connectivity index (χ1v) is 14.3. The fraction of sp³-hybridized carbons (Fsp3) is 0.346. The van der Waals surface area contributed by atoms with Crippen molar-refractivity contribution in [3.8, 4) is 0 Å². The van der Waals surface area contributed by atoms with Crippen LogP contribution in [0.25, 0.3) is 11.2 Å². The molecule has 1 fully saturated rings. The summed E-state index contributed by atoms with van der Waals surface area (Å²) < 4.78 is 29.7. The summed E-state index contributed by atoms with van der Waals surface area (Å²) in [5, 5.41) is 12.7. The van der Waals surface area contributed by atoms with Crippen LogP contribution in [0.5, 0.6) is 0 Å². The van der Waals surface area contributed by atoms with E-state index in [1.165, 1.54) is 10.9 Å². The molecular formula is C26H29ClFN5O3Si. The molecule has 194 valence electrons. The number of hydrogen-bond donors (Lipinski definition) is 2. The van der Waals surface area contributed by atoms with Gasteiger partial charge in [-0.25, -0.2) is 9.37 Å². The Labute approximate surface area is 220 Å². The zero-order valence-corrected chi connectivity index (χ0v) is 22.5. The van der Waals surface area contributed by atoms with Crippen molar-refractivity contribution in [2.24, 2.45) is 0 Å². The average Bonchev–Trinajstić information content (AvgIpc) is 3.41. The molecule has 1 aliphatic rings. The summed E-state index contributed by atoms with van der Waals surface area (Å²) in [5.41, 5.74) is 6.40. The fourth-order valence-corrected chi connectivity index (χ4v) is 9.87. The van der Waals surface area contributed by atoms with Crippen LogP contribution in [0, 0.1) is 0 Å². The number of fused-ring (bicyclic) bond motifs is 1. The molecule has 4 aromatic rings. The van der Waals surface area contributed by atoms with Crippen LogP contribution in [0.4, 0.5) is 10.2 Å². The van der Waals surface area contributed by atoms with Crippen molar-refractivity contribution < 1.29 is 18.7 Å². The molecule has 2 aromatic carbocycles. The Morgan fingerprint density at radius 3 is 2.24 bits per heavy atom. The number of alkyl halides is 1. The van der Waals surface area contributed by atoms with E-state index in [1.54, 1.807) is 0 Å². The molecule has 5 rings (SSSR count). The standard InChI is InChI=1S/C26H29ClFN5O3Si/c1-26(2,3)37(16-10-6-4-7-11-16,17-12-8-5-9-13-17)35-14-18-21(34)19(28)24(36-18)33-15-30-20-22(29)31-25(27)32-23(20)33/h4-13,15,18-19,21,24,34H,14H2,1-3H3,(H2,29,31,32)/t18-,19+,21-,24-/m1/s1. The highest BCUT2D eigenvalue weighted by molar-refractivity contribution is 6.99. The van der Waals surface area contributed by atoms with Gasteiger partial charge in [-0.3, -0.25) is 4.57 Å². The van der Waals surface area contributed by atoms with Gasteiger partial charge >= 0.3 is 0 Å². The van der Waals surface area contributed by atoms with Gasteiger partial charge in [-0.2, -0.15) is 9.97 Å². The highest BCUT2D eigenvalue weighted by Crippen LogP contribution is 2.39. The van der Waals surface area contributed by atoms with Crippen LogP contribution in [0.1, 0.15) is 27.0 Å². The van der Waals surface area contributed by atoms with Gasteiger partial charge in [0.2, 0.25) is 5.28 Å². The van der Waals surface area contributed by atoms with E-state index in [4.69, 9.17) is 26.5 Å². The molecule has 0 aliphatic carbocycles. The summed E-state index contributed by atoms with van der Waals surface area (Å²) >= 11 is 5.97. The number of imidazole rings is 1. The fourth-order valence-electron chi connectivity index (χ4n) is 5.13. The molecule has 1 saturated heterocycles. The molecule has 8 nitrogen and oxygen atoms in total. The van der Waals surface area contributed by atoms with E-state index in [9.17, 15) is 5.11 Å². The molecule has 0 saturated carbocycles. The number of nitrogens with zero attached hydrogens (tertiary/aromatic N) is 4. The third kappa shape index (κ3) is 4.42. The zero-order valence-electron chi connectivity index (χ0n) is 20.8. The number of halogens is 2. The van der Waals surface area contributed by atoms with Crippen molar-refractivity contribution in [1.29, 1.82) is 0 Å². The largest absolute Gasteiger partial charge is 0.405 e. The monoisotopic (exact) mass is 541 g/mol. The Hall–Kier alpha value is -2.89. The quantitative estimate of drug-likeness (QED) is 0.285. The van der Waals surface area contributed by atoms with Gasteiger partial charge in [0.1, 0.15) is 17.7 Å². The van der Waals surface area contributed by atoms with Gasteiger partial charge in [0.05, 0.1) is 12.9 Å². The number of rotatable bonds is 6. The first kappa shape index (κ1) is 25.7. The van der Waals surface area contributed by atoms with Crippen molar-refractivity contribution >= 4 is 47.3 Å². The van der Waals surface area contributed by atoms with E-state index in [1.807, 2.05) is 36.4 Å². The highest BCUT2D eigenvalue weighted by Gasteiger charge is 2.52. The number of benzene rings is 2.